The van der Waals surface area contributed by atoms with Gasteiger partial charge >= 0.3 is 12.2 Å². The van der Waals surface area contributed by atoms with Gasteiger partial charge in [0.05, 0.1) is 17.8 Å². The smallest absolute Gasteiger partial charge is 0.339 e. The second-order valence-corrected chi connectivity index (χ2v) is 8.50. The van der Waals surface area contributed by atoms with Crippen LogP contribution in [0.1, 0.15) is 54.7 Å². The first-order chi connectivity index (χ1) is 17.1. The second-order valence-electron chi connectivity index (χ2n) is 8.50. The van der Waals surface area contributed by atoms with E-state index in [1.54, 1.807) is 9.80 Å². The largest absolute Gasteiger partial charge is 0.416 e. The average Bonchev–Trinajstić information content (AvgIpc) is 3.43. The fraction of sp³-hybridized carbons (Fsp3) is 0.435. The number of tetrazole rings is 1. The maximum absolute atomic E-state index is 14.1. The van der Waals surface area contributed by atoms with Crippen molar-refractivity contribution in [3.05, 3.63) is 59.1 Å². The zero-order valence-corrected chi connectivity index (χ0v) is 19.9. The lowest BCUT2D eigenvalue weighted by atomic mass is 10.0. The van der Waals surface area contributed by atoms with Gasteiger partial charge in [-0.15, -0.1) is 10.2 Å². The number of aryl methyl sites for hydroxylation is 2. The van der Waals surface area contributed by atoms with Crippen LogP contribution in [0.3, 0.4) is 0 Å². The maximum Gasteiger partial charge on any atom is 0.416 e. The number of anilines is 1. The fourth-order valence-corrected chi connectivity index (χ4v) is 4.09. The number of fused-ring (bicyclic) bond motifs is 1. The number of aromatic nitrogens is 6. The van der Waals surface area contributed by atoms with E-state index in [0.717, 1.165) is 31.0 Å². The lowest BCUT2D eigenvalue weighted by Crippen LogP contribution is -2.47. The monoisotopic (exact) mass is 506 g/mol. The molecule has 0 aliphatic carbocycles. The van der Waals surface area contributed by atoms with Gasteiger partial charge in [-0.3, -0.25) is 9.80 Å². The van der Waals surface area contributed by atoms with Crippen LogP contribution in [0.4, 0.5) is 28.2 Å². The Labute approximate surface area is 204 Å². The van der Waals surface area contributed by atoms with E-state index in [2.05, 4.69) is 32.0 Å². The van der Waals surface area contributed by atoms with Crippen LogP contribution in [0, 0.1) is 12.7 Å². The summed E-state index contributed by atoms with van der Waals surface area (Å²) >= 11 is 0. The average molecular weight is 507 g/mol. The topological polar surface area (TPSA) is 95.8 Å². The second kappa shape index (κ2) is 10.1. The third-order valence-corrected chi connectivity index (χ3v) is 5.86. The first kappa shape index (κ1) is 25.3. The molecule has 0 radical (unpaired) electrons. The number of carbonyl (C=O) groups excluding carboxylic acids is 1. The number of benzene rings is 1. The van der Waals surface area contributed by atoms with Gasteiger partial charge in [-0.05, 0) is 37.1 Å². The molecule has 4 rings (SSSR count). The van der Waals surface area contributed by atoms with Crippen LogP contribution in [-0.4, -0.2) is 54.2 Å². The fourth-order valence-electron chi connectivity index (χ4n) is 4.09. The molecule has 13 heteroatoms. The number of hydrogen-bond acceptors (Lipinski definition) is 5. The van der Waals surface area contributed by atoms with Crippen LogP contribution in [0.25, 0.3) is 5.70 Å². The van der Waals surface area contributed by atoms with Crippen LogP contribution in [0.15, 0.2) is 24.8 Å². The Kier molecular flexibility index (Phi) is 7.09. The Morgan fingerprint density at radius 1 is 1.11 bits per heavy atom. The van der Waals surface area contributed by atoms with Crippen LogP contribution >= 0.6 is 0 Å². The number of urea groups is 1. The normalized spacial score (nSPS) is 14.1. The molecule has 1 N–H and O–H groups in total. The Bertz CT molecular complexity index is 1270. The van der Waals surface area contributed by atoms with Gasteiger partial charge in [-0.1, -0.05) is 26.0 Å². The van der Waals surface area contributed by atoms with Gasteiger partial charge in [0.1, 0.15) is 17.3 Å². The number of nitrogens with one attached hydrogen (secondary N) is 1. The summed E-state index contributed by atoms with van der Waals surface area (Å²) in [7, 11) is 0. The molecule has 3 aromatic rings. The number of aromatic amines is 1. The molecular formula is C23H26F4N8O. The lowest BCUT2D eigenvalue weighted by Gasteiger charge is -2.35. The van der Waals surface area contributed by atoms with Crippen LogP contribution in [0.2, 0.25) is 0 Å². The zero-order chi connectivity index (χ0) is 26.0. The van der Waals surface area contributed by atoms with Gasteiger partial charge in [0.2, 0.25) is 0 Å². The number of carbonyl (C=O) groups is 1. The van der Waals surface area contributed by atoms with Crippen molar-refractivity contribution in [3.8, 4) is 0 Å². The van der Waals surface area contributed by atoms with E-state index in [9.17, 15) is 22.4 Å². The van der Waals surface area contributed by atoms with Gasteiger partial charge in [-0.25, -0.2) is 14.2 Å². The van der Waals surface area contributed by atoms with Crippen molar-refractivity contribution in [2.75, 3.05) is 18.0 Å². The van der Waals surface area contributed by atoms with Gasteiger partial charge in [0.15, 0.2) is 11.6 Å². The highest BCUT2D eigenvalue weighted by Gasteiger charge is 2.36. The molecule has 36 heavy (non-hydrogen) atoms. The summed E-state index contributed by atoms with van der Waals surface area (Å²) in [6.45, 7) is 8.99. The third-order valence-electron chi connectivity index (χ3n) is 5.86. The number of hydrogen-bond donors (Lipinski definition) is 1. The molecule has 0 spiro atoms. The van der Waals surface area contributed by atoms with E-state index in [1.165, 1.54) is 4.80 Å². The number of alkyl halides is 3. The number of H-pyrrole nitrogens is 1. The highest BCUT2D eigenvalue weighted by atomic mass is 19.4. The van der Waals surface area contributed by atoms with Crippen molar-refractivity contribution in [1.29, 1.82) is 0 Å². The number of unbranched alkanes of at least 4 members (excludes halogenated alkanes) is 1. The molecule has 0 atom stereocenters. The first-order valence-corrected chi connectivity index (χ1v) is 11.6. The number of amides is 2. The molecule has 0 fully saturated rings. The Morgan fingerprint density at radius 3 is 2.58 bits per heavy atom. The van der Waals surface area contributed by atoms with Crippen molar-refractivity contribution in [3.63, 3.8) is 0 Å². The van der Waals surface area contributed by atoms with Crippen molar-refractivity contribution in [2.24, 2.45) is 0 Å². The molecule has 1 aliphatic heterocycles. The number of halogens is 4. The lowest BCUT2D eigenvalue weighted by molar-refractivity contribution is -0.138. The summed E-state index contributed by atoms with van der Waals surface area (Å²) in [5.74, 6) is 0.234. The van der Waals surface area contributed by atoms with Gasteiger partial charge in [-0.2, -0.15) is 18.0 Å². The quantitative estimate of drug-likeness (QED) is 0.430. The number of imidazole rings is 1. The van der Waals surface area contributed by atoms with E-state index in [4.69, 9.17) is 0 Å². The summed E-state index contributed by atoms with van der Waals surface area (Å²) in [6.07, 6.45) is -2.98. The molecule has 2 aromatic heterocycles. The van der Waals surface area contributed by atoms with E-state index < -0.39 is 29.5 Å². The van der Waals surface area contributed by atoms with Crippen molar-refractivity contribution in [1.82, 2.24) is 35.1 Å². The highest BCUT2D eigenvalue weighted by molar-refractivity contribution is 6.02. The molecule has 0 bridgehead atoms. The zero-order valence-electron chi connectivity index (χ0n) is 19.9. The molecule has 0 saturated carbocycles. The minimum absolute atomic E-state index is 0.0348. The highest BCUT2D eigenvalue weighted by Crippen LogP contribution is 2.35. The Morgan fingerprint density at radius 2 is 1.86 bits per heavy atom. The van der Waals surface area contributed by atoms with Crippen LogP contribution in [0.5, 0.6) is 0 Å². The summed E-state index contributed by atoms with van der Waals surface area (Å²) in [5.41, 5.74) is -0.399. The molecule has 1 aromatic carbocycles. The van der Waals surface area contributed by atoms with E-state index in [-0.39, 0.29) is 18.4 Å². The molecule has 3 heterocycles. The third kappa shape index (κ3) is 5.09. The van der Waals surface area contributed by atoms with Gasteiger partial charge < -0.3 is 4.98 Å². The van der Waals surface area contributed by atoms with Crippen molar-refractivity contribution in [2.45, 2.75) is 52.3 Å². The molecule has 2 amide bonds. The first-order valence-electron chi connectivity index (χ1n) is 11.6. The molecule has 0 unspecified atom stereocenters. The maximum atomic E-state index is 14.1. The molecule has 9 nitrogen and oxygen atoms in total. The predicted octanol–water partition coefficient (Wildman–Crippen LogP) is 4.56. The van der Waals surface area contributed by atoms with E-state index in [1.807, 2.05) is 13.8 Å². The molecule has 0 saturated heterocycles. The van der Waals surface area contributed by atoms with Crippen molar-refractivity contribution >= 4 is 17.5 Å². The molecule has 192 valence electrons. The molecular weight excluding hydrogens is 480 g/mol. The Balaban J connectivity index is 1.42. The minimum atomic E-state index is -4.70. The van der Waals surface area contributed by atoms with Gasteiger partial charge in [0, 0.05) is 25.1 Å². The van der Waals surface area contributed by atoms with Crippen LogP contribution in [-0.2, 0) is 19.1 Å². The number of rotatable bonds is 9. The summed E-state index contributed by atoms with van der Waals surface area (Å²) < 4.78 is 53.9. The van der Waals surface area contributed by atoms with Gasteiger partial charge in [0.25, 0.3) is 0 Å². The SMILES string of the molecule is C=C1c2[nH]c(C)nc2N(CCCC)C(=O)N1CCCn1nnc(Cc2c(F)cccc2C(F)(F)F)n1. The summed E-state index contributed by atoms with van der Waals surface area (Å²) in [5, 5.41) is 11.7. The van der Waals surface area contributed by atoms with E-state index in [0.29, 0.717) is 42.5 Å². The number of nitrogens with zero attached hydrogens (tertiary/aromatic N) is 7. The van der Waals surface area contributed by atoms with Crippen molar-refractivity contribution < 1.29 is 22.4 Å². The summed E-state index contributed by atoms with van der Waals surface area (Å²) in [6, 6.07) is 2.58. The summed E-state index contributed by atoms with van der Waals surface area (Å²) in [4.78, 5) is 25.2. The van der Waals surface area contributed by atoms with E-state index >= 15 is 0 Å². The minimum Gasteiger partial charge on any atom is -0.339 e. The standard InChI is InChI=1S/C23H26F4N8O/c1-4-5-10-34-21-20(28-15(3)29-21)14(2)33(22(34)36)11-7-12-35-31-19(30-32-35)13-16-17(23(25,26)27)8-6-9-18(16)24/h6,8-9H,2,4-5,7,10-13H2,1,3H3,(H,28,29). The molecule has 1 aliphatic rings. The Hall–Kier alpha value is -3.77. The van der Waals surface area contributed by atoms with Crippen LogP contribution < -0.4 is 4.90 Å². The predicted molar refractivity (Wildman–Crippen MR) is 123 cm³/mol.